The van der Waals surface area contributed by atoms with E-state index in [9.17, 15) is 9.59 Å². The highest BCUT2D eigenvalue weighted by molar-refractivity contribution is 5.94. The second-order valence-electron chi connectivity index (χ2n) is 8.46. The van der Waals surface area contributed by atoms with E-state index in [2.05, 4.69) is 19.9 Å². The standard InChI is InChI=1S/C24H26N6O2/c31-21(13-17-3-1-8-25-14-17)29-10-5-18(6-11-29)23-22-20(27-16-28-22)7-12-30(23)24(32)19-4-2-9-26-15-19/h1-4,8-9,14-16,18,23H,5-7,10-13H2,(H,27,28). The number of H-pyrrole nitrogens is 1. The Morgan fingerprint density at radius 3 is 2.53 bits per heavy atom. The van der Waals surface area contributed by atoms with E-state index in [-0.39, 0.29) is 23.8 Å². The number of aromatic amines is 1. The van der Waals surface area contributed by atoms with E-state index < -0.39 is 0 Å². The summed E-state index contributed by atoms with van der Waals surface area (Å²) >= 11 is 0. The number of aromatic nitrogens is 4. The molecule has 0 aromatic carbocycles. The predicted molar refractivity (Wildman–Crippen MR) is 118 cm³/mol. The minimum Gasteiger partial charge on any atom is -0.348 e. The fourth-order valence-corrected chi connectivity index (χ4v) is 4.92. The van der Waals surface area contributed by atoms with Crippen molar-refractivity contribution in [1.29, 1.82) is 0 Å². The van der Waals surface area contributed by atoms with Gasteiger partial charge in [-0.1, -0.05) is 6.07 Å². The lowest BCUT2D eigenvalue weighted by Crippen LogP contribution is -2.47. The first kappa shape index (κ1) is 20.4. The van der Waals surface area contributed by atoms with Gasteiger partial charge in [-0.25, -0.2) is 4.98 Å². The van der Waals surface area contributed by atoms with Crippen molar-refractivity contribution in [3.8, 4) is 0 Å². The smallest absolute Gasteiger partial charge is 0.256 e. The van der Waals surface area contributed by atoms with E-state index in [1.165, 1.54) is 0 Å². The highest BCUT2D eigenvalue weighted by Gasteiger charge is 2.40. The quantitative estimate of drug-likeness (QED) is 0.686. The van der Waals surface area contributed by atoms with Gasteiger partial charge in [0.05, 0.1) is 30.0 Å². The number of carbonyl (C=O) groups excluding carboxylic acids is 2. The summed E-state index contributed by atoms with van der Waals surface area (Å²) in [5, 5.41) is 0. The first-order chi connectivity index (χ1) is 15.7. The third-order valence-corrected chi connectivity index (χ3v) is 6.56. The van der Waals surface area contributed by atoms with Gasteiger partial charge in [0.15, 0.2) is 0 Å². The molecule has 164 valence electrons. The Balaban J connectivity index is 1.31. The van der Waals surface area contributed by atoms with Crippen LogP contribution in [-0.2, 0) is 17.6 Å². The van der Waals surface area contributed by atoms with Crippen LogP contribution in [0.4, 0.5) is 0 Å². The monoisotopic (exact) mass is 430 g/mol. The molecule has 1 atom stereocenters. The van der Waals surface area contributed by atoms with Gasteiger partial charge >= 0.3 is 0 Å². The van der Waals surface area contributed by atoms with E-state index in [0.29, 0.717) is 31.6 Å². The number of likely N-dealkylation sites (tertiary alicyclic amines) is 1. The molecule has 3 aromatic rings. The molecule has 0 aliphatic carbocycles. The number of amides is 2. The maximum absolute atomic E-state index is 13.3. The number of nitrogens with zero attached hydrogens (tertiary/aromatic N) is 5. The number of imidazole rings is 1. The van der Waals surface area contributed by atoms with Gasteiger partial charge in [0.2, 0.25) is 5.91 Å². The molecule has 8 heteroatoms. The molecule has 0 saturated carbocycles. The molecule has 8 nitrogen and oxygen atoms in total. The predicted octanol–water partition coefficient (Wildman–Crippen LogP) is 2.42. The highest BCUT2D eigenvalue weighted by Crippen LogP contribution is 2.39. The van der Waals surface area contributed by atoms with Crippen LogP contribution in [0.1, 0.15) is 46.2 Å². The second-order valence-corrected chi connectivity index (χ2v) is 8.46. The summed E-state index contributed by atoms with van der Waals surface area (Å²) < 4.78 is 0. The topological polar surface area (TPSA) is 95.1 Å². The van der Waals surface area contributed by atoms with Gasteiger partial charge in [-0.15, -0.1) is 0 Å². The number of carbonyl (C=O) groups is 2. The van der Waals surface area contributed by atoms with Gasteiger partial charge < -0.3 is 14.8 Å². The molecule has 0 spiro atoms. The van der Waals surface area contributed by atoms with Crippen molar-refractivity contribution in [2.45, 2.75) is 31.7 Å². The summed E-state index contributed by atoms with van der Waals surface area (Å²) in [5.74, 6) is 0.371. The Morgan fingerprint density at radius 1 is 1.03 bits per heavy atom. The van der Waals surface area contributed by atoms with E-state index in [4.69, 9.17) is 0 Å². The van der Waals surface area contributed by atoms with Gasteiger partial charge in [0.1, 0.15) is 0 Å². The number of piperidine rings is 1. The first-order valence-electron chi connectivity index (χ1n) is 11.1. The lowest BCUT2D eigenvalue weighted by Gasteiger charge is -2.43. The number of pyridine rings is 2. The highest BCUT2D eigenvalue weighted by atomic mass is 16.2. The molecule has 2 aliphatic heterocycles. The zero-order valence-corrected chi connectivity index (χ0v) is 17.9. The molecule has 3 aromatic heterocycles. The number of rotatable bonds is 4. The van der Waals surface area contributed by atoms with Crippen LogP contribution < -0.4 is 0 Å². The Hall–Kier alpha value is -3.55. The second kappa shape index (κ2) is 8.90. The fraction of sp³-hybridized carbons (Fsp3) is 0.375. The lowest BCUT2D eigenvalue weighted by molar-refractivity contribution is -0.132. The van der Waals surface area contributed by atoms with Crippen molar-refractivity contribution < 1.29 is 9.59 Å². The zero-order chi connectivity index (χ0) is 21.9. The van der Waals surface area contributed by atoms with E-state index in [0.717, 1.165) is 36.2 Å². The summed E-state index contributed by atoms with van der Waals surface area (Å²) in [4.78, 5) is 46.1. The molecule has 0 bridgehead atoms. The van der Waals surface area contributed by atoms with Gasteiger partial charge in [0, 0.05) is 56.5 Å². The maximum Gasteiger partial charge on any atom is 0.256 e. The molecular weight excluding hydrogens is 404 g/mol. The molecule has 5 heterocycles. The minimum atomic E-state index is -0.0896. The Labute approximate surface area is 186 Å². The molecule has 5 rings (SSSR count). The summed E-state index contributed by atoms with van der Waals surface area (Å²) in [5.41, 5.74) is 3.61. The van der Waals surface area contributed by atoms with Gasteiger partial charge in [-0.05, 0) is 42.5 Å². The van der Waals surface area contributed by atoms with Crippen LogP contribution in [0.2, 0.25) is 0 Å². The third kappa shape index (κ3) is 4.00. The van der Waals surface area contributed by atoms with Crippen molar-refractivity contribution in [3.63, 3.8) is 0 Å². The lowest BCUT2D eigenvalue weighted by atomic mass is 9.83. The van der Waals surface area contributed by atoms with Gasteiger partial charge in [-0.3, -0.25) is 19.6 Å². The van der Waals surface area contributed by atoms with Gasteiger partial charge in [0.25, 0.3) is 5.91 Å². The first-order valence-corrected chi connectivity index (χ1v) is 11.1. The average molecular weight is 431 g/mol. The van der Waals surface area contributed by atoms with Crippen LogP contribution in [-0.4, -0.2) is 61.2 Å². The molecule has 2 aliphatic rings. The van der Waals surface area contributed by atoms with Crippen molar-refractivity contribution in [2.75, 3.05) is 19.6 Å². The van der Waals surface area contributed by atoms with E-state index in [1.807, 2.05) is 28.0 Å². The maximum atomic E-state index is 13.3. The zero-order valence-electron chi connectivity index (χ0n) is 17.9. The SMILES string of the molecule is O=C(Cc1cccnc1)N1CCC(C2c3nc[nH]c3CCN2C(=O)c2cccnc2)CC1. The number of fused-ring (bicyclic) bond motifs is 1. The van der Waals surface area contributed by atoms with Crippen molar-refractivity contribution in [3.05, 3.63) is 77.9 Å². The van der Waals surface area contributed by atoms with Crippen LogP contribution >= 0.6 is 0 Å². The van der Waals surface area contributed by atoms with E-state index in [1.54, 1.807) is 37.2 Å². The summed E-state index contributed by atoms with van der Waals surface area (Å²) in [6.07, 6.45) is 11.3. The normalized spacial score (nSPS) is 18.9. The molecule has 1 N–H and O–H groups in total. The summed E-state index contributed by atoms with van der Waals surface area (Å²) in [7, 11) is 0. The van der Waals surface area contributed by atoms with Crippen molar-refractivity contribution in [1.82, 2.24) is 29.7 Å². The van der Waals surface area contributed by atoms with Crippen molar-refractivity contribution in [2.24, 2.45) is 5.92 Å². The minimum absolute atomic E-state index is 0.00756. The van der Waals surface area contributed by atoms with E-state index >= 15 is 0 Å². The molecule has 32 heavy (non-hydrogen) atoms. The Kier molecular flexibility index (Phi) is 5.66. The molecule has 1 fully saturated rings. The Bertz CT molecular complexity index is 1080. The summed E-state index contributed by atoms with van der Waals surface area (Å²) in [6, 6.07) is 7.30. The van der Waals surface area contributed by atoms with Gasteiger partial charge in [-0.2, -0.15) is 0 Å². The molecule has 1 saturated heterocycles. The third-order valence-electron chi connectivity index (χ3n) is 6.56. The fourth-order valence-electron chi connectivity index (χ4n) is 4.92. The van der Waals surface area contributed by atoms with Crippen LogP contribution in [0, 0.1) is 5.92 Å². The van der Waals surface area contributed by atoms with Crippen molar-refractivity contribution >= 4 is 11.8 Å². The molecule has 0 radical (unpaired) electrons. The number of hydrogen-bond donors (Lipinski definition) is 1. The number of nitrogens with one attached hydrogen (secondary N) is 1. The molecule has 1 unspecified atom stereocenters. The van der Waals surface area contributed by atoms with Crippen LogP contribution in [0.15, 0.2) is 55.4 Å². The van der Waals surface area contributed by atoms with Crippen LogP contribution in [0.5, 0.6) is 0 Å². The molecule has 2 amide bonds. The Morgan fingerprint density at radius 2 is 1.81 bits per heavy atom. The average Bonchev–Trinajstić information content (AvgIpc) is 3.33. The van der Waals surface area contributed by atoms with Crippen LogP contribution in [0.3, 0.4) is 0 Å². The number of hydrogen-bond acceptors (Lipinski definition) is 5. The largest absolute Gasteiger partial charge is 0.348 e. The summed E-state index contributed by atoms with van der Waals surface area (Å²) in [6.45, 7) is 2.03. The van der Waals surface area contributed by atoms with Crippen LogP contribution in [0.25, 0.3) is 0 Å². The molecular formula is C24H26N6O2.